The third-order valence-corrected chi connectivity index (χ3v) is 3.65. The maximum absolute atomic E-state index is 6.07. The zero-order valence-corrected chi connectivity index (χ0v) is 14.8. The number of aromatic nitrogens is 3. The molecule has 6 nitrogen and oxygen atoms in total. The Labute approximate surface area is 147 Å². The first-order valence-corrected chi connectivity index (χ1v) is 7.33. The topological polar surface area (TPSA) is 72.3 Å². The lowest BCUT2D eigenvalue weighted by atomic mass is 10.1. The van der Waals surface area contributed by atoms with Crippen molar-refractivity contribution in [1.82, 2.24) is 19.7 Å². The van der Waals surface area contributed by atoms with Crippen LogP contribution in [0.25, 0.3) is 5.82 Å². The molecule has 1 fully saturated rings. The molecule has 22 heavy (non-hydrogen) atoms. The van der Waals surface area contributed by atoms with Crippen LogP contribution in [0.3, 0.4) is 0 Å². The number of likely N-dealkylation sites (tertiary alicyclic amines) is 1. The SMILES string of the molecule is I.NC(=NCc1ccnc(-n2cccn2)c1)N1CCCCC1. The number of hydrogen-bond donors (Lipinski definition) is 1. The second kappa shape index (κ2) is 8.11. The molecule has 0 aromatic carbocycles. The predicted octanol–water partition coefficient (Wildman–Crippen LogP) is 2.19. The highest BCUT2D eigenvalue weighted by Gasteiger charge is 2.11. The second-order valence-corrected chi connectivity index (χ2v) is 5.20. The number of nitrogens with two attached hydrogens (primary N) is 1. The number of guanidine groups is 1. The van der Waals surface area contributed by atoms with E-state index >= 15 is 0 Å². The minimum Gasteiger partial charge on any atom is -0.370 e. The fraction of sp³-hybridized carbons (Fsp3) is 0.400. The molecule has 0 spiro atoms. The molecule has 1 aliphatic heterocycles. The lowest BCUT2D eigenvalue weighted by Gasteiger charge is -2.27. The van der Waals surface area contributed by atoms with Gasteiger partial charge in [-0.1, -0.05) is 0 Å². The number of hydrogen-bond acceptors (Lipinski definition) is 3. The van der Waals surface area contributed by atoms with Crippen LogP contribution in [0.5, 0.6) is 0 Å². The highest BCUT2D eigenvalue weighted by Crippen LogP contribution is 2.10. The summed E-state index contributed by atoms with van der Waals surface area (Å²) in [6.45, 7) is 2.60. The van der Waals surface area contributed by atoms with Gasteiger partial charge < -0.3 is 10.6 Å². The molecule has 1 saturated heterocycles. The minimum atomic E-state index is 0. The van der Waals surface area contributed by atoms with E-state index in [1.54, 1.807) is 17.1 Å². The molecule has 3 rings (SSSR count). The van der Waals surface area contributed by atoms with Gasteiger partial charge in [-0.15, -0.1) is 24.0 Å². The number of nitrogens with zero attached hydrogens (tertiary/aromatic N) is 5. The van der Waals surface area contributed by atoms with Crippen LogP contribution in [0.4, 0.5) is 0 Å². The maximum Gasteiger partial charge on any atom is 0.191 e. The molecule has 0 radical (unpaired) electrons. The molecule has 2 aromatic rings. The van der Waals surface area contributed by atoms with Crippen LogP contribution in [-0.2, 0) is 6.54 Å². The van der Waals surface area contributed by atoms with Gasteiger partial charge in [0.15, 0.2) is 11.8 Å². The third-order valence-electron chi connectivity index (χ3n) is 3.65. The van der Waals surface area contributed by atoms with E-state index in [4.69, 9.17) is 5.73 Å². The number of rotatable bonds is 3. The zero-order valence-electron chi connectivity index (χ0n) is 12.4. The van der Waals surface area contributed by atoms with Gasteiger partial charge >= 0.3 is 0 Å². The summed E-state index contributed by atoms with van der Waals surface area (Å²) < 4.78 is 1.74. The lowest BCUT2D eigenvalue weighted by molar-refractivity contribution is 0.338. The van der Waals surface area contributed by atoms with Gasteiger partial charge in [0.25, 0.3) is 0 Å². The number of halogens is 1. The van der Waals surface area contributed by atoms with Gasteiger partial charge in [-0.25, -0.2) is 14.7 Å². The quantitative estimate of drug-likeness (QED) is 0.477. The molecular formula is C15H21IN6. The minimum absolute atomic E-state index is 0. The van der Waals surface area contributed by atoms with E-state index in [-0.39, 0.29) is 24.0 Å². The van der Waals surface area contributed by atoms with Crippen LogP contribution in [0.1, 0.15) is 24.8 Å². The van der Waals surface area contributed by atoms with E-state index in [1.807, 2.05) is 24.4 Å². The average molecular weight is 412 g/mol. The van der Waals surface area contributed by atoms with Crippen molar-refractivity contribution in [1.29, 1.82) is 0 Å². The first-order valence-electron chi connectivity index (χ1n) is 7.33. The number of piperidine rings is 1. The molecule has 2 aromatic heterocycles. The van der Waals surface area contributed by atoms with Gasteiger partial charge in [-0.05, 0) is 43.0 Å². The Kier molecular flexibility index (Phi) is 6.17. The van der Waals surface area contributed by atoms with E-state index in [0.29, 0.717) is 12.5 Å². The molecule has 0 saturated carbocycles. The first-order chi connectivity index (χ1) is 10.3. The van der Waals surface area contributed by atoms with Crippen LogP contribution in [0, 0.1) is 0 Å². The Morgan fingerprint density at radius 3 is 2.77 bits per heavy atom. The Morgan fingerprint density at radius 1 is 1.23 bits per heavy atom. The smallest absolute Gasteiger partial charge is 0.191 e. The summed E-state index contributed by atoms with van der Waals surface area (Å²) in [5, 5.41) is 4.18. The van der Waals surface area contributed by atoms with Crippen molar-refractivity contribution in [2.45, 2.75) is 25.8 Å². The highest BCUT2D eigenvalue weighted by molar-refractivity contribution is 14.0. The van der Waals surface area contributed by atoms with Crippen molar-refractivity contribution < 1.29 is 0 Å². The van der Waals surface area contributed by atoms with E-state index in [9.17, 15) is 0 Å². The van der Waals surface area contributed by atoms with Gasteiger partial charge in [0, 0.05) is 31.7 Å². The van der Waals surface area contributed by atoms with Crippen molar-refractivity contribution in [3.63, 3.8) is 0 Å². The lowest BCUT2D eigenvalue weighted by Crippen LogP contribution is -2.40. The Hall–Kier alpha value is -1.64. The standard InChI is InChI=1S/C15H20N6.HI/c16-15(20-8-2-1-3-9-20)18-12-13-5-7-17-14(11-13)21-10-4-6-19-21;/h4-7,10-11H,1-3,8-9,12H2,(H2,16,18);1H. The normalized spacial score (nSPS) is 15.5. The third kappa shape index (κ3) is 4.19. The molecule has 7 heteroatoms. The molecule has 118 valence electrons. The molecule has 2 N–H and O–H groups in total. The largest absolute Gasteiger partial charge is 0.370 e. The first kappa shape index (κ1) is 16.7. The summed E-state index contributed by atoms with van der Waals surface area (Å²) >= 11 is 0. The summed E-state index contributed by atoms with van der Waals surface area (Å²) in [6, 6.07) is 5.82. The Balaban J connectivity index is 0.00000176. The van der Waals surface area contributed by atoms with E-state index in [1.165, 1.54) is 19.3 Å². The molecule has 0 atom stereocenters. The second-order valence-electron chi connectivity index (χ2n) is 5.20. The van der Waals surface area contributed by atoms with E-state index in [0.717, 1.165) is 24.5 Å². The van der Waals surface area contributed by atoms with Crippen molar-refractivity contribution in [2.75, 3.05) is 13.1 Å². The maximum atomic E-state index is 6.07. The van der Waals surface area contributed by atoms with Crippen LogP contribution < -0.4 is 5.73 Å². The van der Waals surface area contributed by atoms with Gasteiger partial charge in [0.2, 0.25) is 0 Å². The van der Waals surface area contributed by atoms with Crippen molar-refractivity contribution in [3.8, 4) is 5.82 Å². The van der Waals surface area contributed by atoms with E-state index in [2.05, 4.69) is 20.0 Å². The molecule has 0 bridgehead atoms. The molecule has 3 heterocycles. The molecule has 0 unspecified atom stereocenters. The monoisotopic (exact) mass is 412 g/mol. The van der Waals surface area contributed by atoms with Crippen LogP contribution >= 0.6 is 24.0 Å². The molecule has 0 amide bonds. The Bertz CT molecular complexity index is 604. The van der Waals surface area contributed by atoms with Crippen LogP contribution in [-0.4, -0.2) is 38.7 Å². The Morgan fingerprint density at radius 2 is 2.05 bits per heavy atom. The zero-order chi connectivity index (χ0) is 14.5. The number of pyridine rings is 1. The van der Waals surface area contributed by atoms with E-state index < -0.39 is 0 Å². The highest BCUT2D eigenvalue weighted by atomic mass is 127. The molecule has 1 aliphatic rings. The summed E-state index contributed by atoms with van der Waals surface area (Å²) in [5.74, 6) is 1.44. The number of aliphatic imine (C=N–C) groups is 1. The molecular weight excluding hydrogens is 391 g/mol. The summed E-state index contributed by atoms with van der Waals surface area (Å²) in [4.78, 5) is 11.0. The van der Waals surface area contributed by atoms with Gasteiger partial charge in [0.1, 0.15) is 0 Å². The van der Waals surface area contributed by atoms with Gasteiger partial charge in [-0.2, -0.15) is 5.10 Å². The van der Waals surface area contributed by atoms with Crippen molar-refractivity contribution >= 4 is 29.9 Å². The van der Waals surface area contributed by atoms with Crippen molar-refractivity contribution in [3.05, 3.63) is 42.4 Å². The van der Waals surface area contributed by atoms with Crippen LogP contribution in [0.2, 0.25) is 0 Å². The fourth-order valence-corrected chi connectivity index (χ4v) is 2.48. The average Bonchev–Trinajstić information content (AvgIpc) is 3.08. The predicted molar refractivity (Wildman–Crippen MR) is 97.5 cm³/mol. The summed E-state index contributed by atoms with van der Waals surface area (Å²) in [7, 11) is 0. The van der Waals surface area contributed by atoms with Crippen LogP contribution in [0.15, 0.2) is 41.8 Å². The van der Waals surface area contributed by atoms with Gasteiger partial charge in [-0.3, -0.25) is 0 Å². The summed E-state index contributed by atoms with van der Waals surface area (Å²) in [5.41, 5.74) is 7.15. The molecule has 0 aliphatic carbocycles. The fourth-order valence-electron chi connectivity index (χ4n) is 2.48. The van der Waals surface area contributed by atoms with Gasteiger partial charge in [0.05, 0.1) is 6.54 Å². The van der Waals surface area contributed by atoms with Crippen molar-refractivity contribution in [2.24, 2.45) is 10.7 Å². The summed E-state index contributed by atoms with van der Waals surface area (Å²) in [6.07, 6.45) is 9.09.